The van der Waals surface area contributed by atoms with E-state index in [0.29, 0.717) is 17.5 Å². The number of benzene rings is 1. The highest BCUT2D eigenvalue weighted by atomic mass is 35.5. The van der Waals surface area contributed by atoms with E-state index >= 15 is 0 Å². The summed E-state index contributed by atoms with van der Waals surface area (Å²) in [5.41, 5.74) is 1.02. The Morgan fingerprint density at radius 3 is 2.61 bits per heavy atom. The van der Waals surface area contributed by atoms with E-state index in [0.717, 1.165) is 23.7 Å². The first-order chi connectivity index (χ1) is 8.50. The van der Waals surface area contributed by atoms with Crippen molar-refractivity contribution in [3.8, 4) is 0 Å². The Bertz CT molecular complexity index is 369. The molecule has 1 aromatic rings. The summed E-state index contributed by atoms with van der Waals surface area (Å²) < 4.78 is 5.51. The molecule has 0 aliphatic heterocycles. The van der Waals surface area contributed by atoms with Gasteiger partial charge in [0, 0.05) is 29.2 Å². The molecule has 0 aliphatic carbocycles. The van der Waals surface area contributed by atoms with Crippen LogP contribution in [-0.2, 0) is 4.74 Å². The van der Waals surface area contributed by atoms with Crippen LogP contribution in [0.15, 0.2) is 18.2 Å². The molecule has 0 bridgehead atoms. The maximum Gasteiger partial charge on any atom is 0.0591 e. The lowest BCUT2D eigenvalue weighted by Crippen LogP contribution is -2.24. The van der Waals surface area contributed by atoms with Crippen molar-refractivity contribution in [2.24, 2.45) is 5.92 Å². The van der Waals surface area contributed by atoms with Crippen molar-refractivity contribution in [3.05, 3.63) is 33.8 Å². The molecule has 1 unspecified atom stereocenters. The summed E-state index contributed by atoms with van der Waals surface area (Å²) in [4.78, 5) is 0. The highest BCUT2D eigenvalue weighted by molar-refractivity contribution is 6.33. The summed E-state index contributed by atoms with van der Waals surface area (Å²) >= 11 is 12.1. The van der Waals surface area contributed by atoms with Crippen LogP contribution in [0.5, 0.6) is 0 Å². The van der Waals surface area contributed by atoms with Crippen molar-refractivity contribution in [2.45, 2.75) is 26.8 Å². The number of halogens is 2. The Morgan fingerprint density at radius 1 is 1.22 bits per heavy atom. The van der Waals surface area contributed by atoms with E-state index in [9.17, 15) is 0 Å². The van der Waals surface area contributed by atoms with Crippen molar-refractivity contribution >= 4 is 23.2 Å². The van der Waals surface area contributed by atoms with Crippen LogP contribution in [0.3, 0.4) is 0 Å². The van der Waals surface area contributed by atoms with Crippen LogP contribution in [-0.4, -0.2) is 19.8 Å². The molecular weight excluding hydrogens is 269 g/mol. The van der Waals surface area contributed by atoms with Gasteiger partial charge in [-0.25, -0.2) is 0 Å². The van der Waals surface area contributed by atoms with Crippen molar-refractivity contribution in [2.75, 3.05) is 19.8 Å². The molecule has 0 aromatic heterocycles. The second kappa shape index (κ2) is 8.00. The lowest BCUT2D eigenvalue weighted by Gasteiger charge is -2.16. The molecule has 0 saturated heterocycles. The highest BCUT2D eigenvalue weighted by Crippen LogP contribution is 2.25. The molecule has 18 heavy (non-hydrogen) atoms. The predicted octanol–water partition coefficient (Wildman–Crippen LogP) is 4.32. The average Bonchev–Trinajstić information content (AvgIpc) is 2.31. The minimum atomic E-state index is 0.166. The molecule has 0 amide bonds. The lowest BCUT2D eigenvalue weighted by atomic mass is 10.1. The van der Waals surface area contributed by atoms with Gasteiger partial charge in [0.05, 0.1) is 6.61 Å². The Hall–Kier alpha value is -0.280. The van der Waals surface area contributed by atoms with Crippen molar-refractivity contribution in [3.63, 3.8) is 0 Å². The maximum absolute atomic E-state index is 6.14. The second-order valence-corrected chi connectivity index (χ2v) is 5.65. The third kappa shape index (κ3) is 5.57. The summed E-state index contributed by atoms with van der Waals surface area (Å²) in [6.45, 7) is 8.66. The van der Waals surface area contributed by atoms with Crippen LogP contribution in [0.1, 0.15) is 32.4 Å². The van der Waals surface area contributed by atoms with E-state index in [1.54, 1.807) is 6.07 Å². The SMILES string of the molecule is CC(C)COCCNC(C)c1cc(Cl)ccc1Cl. The molecule has 0 aliphatic rings. The fourth-order valence-electron chi connectivity index (χ4n) is 1.62. The Kier molecular flexibility index (Phi) is 7.02. The van der Waals surface area contributed by atoms with Gasteiger partial charge in [0.1, 0.15) is 0 Å². The smallest absolute Gasteiger partial charge is 0.0591 e. The molecule has 102 valence electrons. The van der Waals surface area contributed by atoms with E-state index in [2.05, 4.69) is 26.1 Å². The van der Waals surface area contributed by atoms with Crippen molar-refractivity contribution in [1.82, 2.24) is 5.32 Å². The number of rotatable bonds is 7. The van der Waals surface area contributed by atoms with Gasteiger partial charge >= 0.3 is 0 Å². The molecular formula is C14H21Cl2NO. The number of hydrogen-bond donors (Lipinski definition) is 1. The van der Waals surface area contributed by atoms with Crippen LogP contribution in [0, 0.1) is 5.92 Å². The first-order valence-corrected chi connectivity index (χ1v) is 7.02. The molecule has 1 aromatic carbocycles. The molecule has 0 radical (unpaired) electrons. The summed E-state index contributed by atoms with van der Waals surface area (Å²) in [5, 5.41) is 4.82. The molecule has 0 spiro atoms. The minimum absolute atomic E-state index is 0.166. The van der Waals surface area contributed by atoms with Crippen LogP contribution in [0.2, 0.25) is 10.0 Å². The molecule has 4 heteroatoms. The van der Waals surface area contributed by atoms with Gasteiger partial charge in [0.25, 0.3) is 0 Å². The standard InChI is InChI=1S/C14H21Cl2NO/c1-10(2)9-18-7-6-17-11(3)13-8-12(15)4-5-14(13)16/h4-5,8,10-11,17H,6-7,9H2,1-3H3. The number of nitrogens with one attached hydrogen (secondary N) is 1. The Morgan fingerprint density at radius 2 is 1.94 bits per heavy atom. The topological polar surface area (TPSA) is 21.3 Å². The van der Waals surface area contributed by atoms with Gasteiger partial charge in [0.15, 0.2) is 0 Å². The number of hydrogen-bond acceptors (Lipinski definition) is 2. The molecule has 1 atom stereocenters. The normalized spacial score (nSPS) is 13.0. The number of ether oxygens (including phenoxy) is 1. The third-order valence-electron chi connectivity index (χ3n) is 2.57. The van der Waals surface area contributed by atoms with Gasteiger partial charge in [-0.2, -0.15) is 0 Å². The van der Waals surface area contributed by atoms with E-state index in [-0.39, 0.29) is 6.04 Å². The van der Waals surface area contributed by atoms with Crippen LogP contribution >= 0.6 is 23.2 Å². The molecule has 1 rings (SSSR count). The Labute approximate surface area is 120 Å². The summed E-state index contributed by atoms with van der Waals surface area (Å²) in [6, 6.07) is 5.69. The van der Waals surface area contributed by atoms with Gasteiger partial charge in [-0.1, -0.05) is 37.0 Å². The minimum Gasteiger partial charge on any atom is -0.380 e. The van der Waals surface area contributed by atoms with Crippen LogP contribution in [0.25, 0.3) is 0 Å². The van der Waals surface area contributed by atoms with Crippen molar-refractivity contribution < 1.29 is 4.74 Å². The van der Waals surface area contributed by atoms with Gasteiger partial charge in [0.2, 0.25) is 0 Å². The monoisotopic (exact) mass is 289 g/mol. The zero-order chi connectivity index (χ0) is 13.5. The molecule has 0 heterocycles. The average molecular weight is 290 g/mol. The summed E-state index contributed by atoms with van der Waals surface area (Å²) in [5.74, 6) is 0.574. The zero-order valence-corrected chi connectivity index (χ0v) is 12.7. The fourth-order valence-corrected chi connectivity index (χ4v) is 2.08. The van der Waals surface area contributed by atoms with Gasteiger partial charge in [-0.05, 0) is 36.6 Å². The third-order valence-corrected chi connectivity index (χ3v) is 3.15. The molecule has 0 saturated carbocycles. The first-order valence-electron chi connectivity index (χ1n) is 6.26. The summed E-state index contributed by atoms with van der Waals surface area (Å²) in [7, 11) is 0. The van der Waals surface area contributed by atoms with Gasteiger partial charge in [-0.3, -0.25) is 0 Å². The van der Waals surface area contributed by atoms with E-state index in [1.165, 1.54) is 0 Å². The largest absolute Gasteiger partial charge is 0.380 e. The van der Waals surface area contributed by atoms with Crippen LogP contribution < -0.4 is 5.32 Å². The van der Waals surface area contributed by atoms with E-state index in [4.69, 9.17) is 27.9 Å². The zero-order valence-electron chi connectivity index (χ0n) is 11.2. The lowest BCUT2D eigenvalue weighted by molar-refractivity contribution is 0.110. The van der Waals surface area contributed by atoms with Gasteiger partial charge < -0.3 is 10.1 Å². The fraction of sp³-hybridized carbons (Fsp3) is 0.571. The van der Waals surface area contributed by atoms with E-state index < -0.39 is 0 Å². The predicted molar refractivity (Wildman–Crippen MR) is 78.5 cm³/mol. The van der Waals surface area contributed by atoms with Crippen molar-refractivity contribution in [1.29, 1.82) is 0 Å². The summed E-state index contributed by atoms with van der Waals surface area (Å²) in [6.07, 6.45) is 0. The van der Waals surface area contributed by atoms with Gasteiger partial charge in [-0.15, -0.1) is 0 Å². The quantitative estimate of drug-likeness (QED) is 0.755. The van der Waals surface area contributed by atoms with E-state index in [1.807, 2.05) is 12.1 Å². The van der Waals surface area contributed by atoms with Crippen LogP contribution in [0.4, 0.5) is 0 Å². The highest BCUT2D eigenvalue weighted by Gasteiger charge is 2.09. The molecule has 2 nitrogen and oxygen atoms in total. The molecule has 0 fully saturated rings. The first kappa shape index (κ1) is 15.8. The maximum atomic E-state index is 6.14. The Balaban J connectivity index is 2.36. The molecule has 1 N–H and O–H groups in total. The second-order valence-electron chi connectivity index (χ2n) is 4.81.